The van der Waals surface area contributed by atoms with Crippen LogP contribution in [0.15, 0.2) is 124 Å². The number of hydrogen-bond acceptors (Lipinski definition) is 17. The summed E-state index contributed by atoms with van der Waals surface area (Å²) in [4.78, 5) is 60.8. The predicted molar refractivity (Wildman–Crippen MR) is 462 cm³/mol. The van der Waals surface area contributed by atoms with E-state index in [-0.39, 0.29) is 75.0 Å². The molecule has 4 heterocycles. The molecule has 14 aliphatic rings. The highest BCUT2D eigenvalue weighted by atomic mass is 16.7. The monoisotopic (exact) mass is 1620 g/mol. The van der Waals surface area contributed by atoms with Crippen LogP contribution in [0.1, 0.15) is 271 Å². The summed E-state index contributed by atoms with van der Waals surface area (Å²) in [5.74, 6) is 3.46. The fourth-order valence-electron chi connectivity index (χ4n) is 23.4. The van der Waals surface area contributed by atoms with E-state index in [1.54, 1.807) is 26.0 Å². The van der Waals surface area contributed by atoms with Gasteiger partial charge in [0.1, 0.15) is 45.9 Å². The van der Waals surface area contributed by atoms with Gasteiger partial charge in [-0.15, -0.1) is 0 Å². The summed E-state index contributed by atoms with van der Waals surface area (Å²) in [5, 5.41) is 52.6. The number of esters is 3. The molecule has 5 N–H and O–H groups in total. The number of ketones is 1. The van der Waals surface area contributed by atoms with Gasteiger partial charge in [-0.2, -0.15) is 0 Å². The molecular weight excluding hydrogens is 1470 g/mol. The Labute approximate surface area is 699 Å². The van der Waals surface area contributed by atoms with Crippen LogP contribution in [0.3, 0.4) is 0 Å². The first-order chi connectivity index (χ1) is 54.4. The summed E-state index contributed by atoms with van der Waals surface area (Å²) in [5.41, 5.74) is 7.50. The standard InChI is InChI=1S/C23H24O5.C17H26O5.C15H22O5.C15H24O2.3C10H16/c1-13(2)6-7-15-10-16(11-18(24)23(15)27-5)17-12-28-20-9-14(3)8-19(26-4)21(20)22(17)25;1-9-12(19)5-6-16(4)7-8-17(22-11(3)18)10(2)15(20)21-14(17)13(9)16;1-8-10(17)19-11-14(8,18)7-6-12(2)5-4-9(16)13(3)15(11,12)20-13;1-10-12-9-11(14(2,3)17)5-7-15(12,4)8-6-13(10)16;1-7-8-4-5-9(6-8)10(7,2)3;1-7-4-5-8-6-9(7)10(8,2)3;1-5-10(4)8-6-7-9(2)3/h6,8-12,24H,7H2,1-5H3;9-10,12-14,19H,5-8H2,1-4H3;8-9,11,16,18H,4-7H2,1-3H3;11-12,17H,1,5-9H2,2-4H3;2*8-9H,1,4-6H2,2-3H3;5,7H,1,4,6,8H2,2-3H3/t;9?,10-,12-,13?,14-,16+,17+;8-,9+,11+,12+,13?,14+,15?;11-,12?,15+;;;/m.001.../s1. The SMILES string of the molecule is C=C1C(=O)CC[C@]2(C)CC[C@@H](C(C)(C)O)CC12.C=C1C2CCC(C2)C1(C)C.C=C1CCC2CC1C2(C)C.C=CC(=C)CCC=C(C)C.CC(=O)O[C@@]12CC[C@@]3(C)CC[C@H](O)C(C)C3[C@@H]1OC(=O)[C@@H]2C.COc1c(O)cc(-c2coc3cc(C)cc(OC)c3c2=O)cc1CC=C(C)C.C[C@H]1C(=O)O[C@H]2C34OC3(C)[C@H](O)CC[C@]4(C)CC[C@@]12O. The minimum absolute atomic E-state index is 0.0208. The summed E-state index contributed by atoms with van der Waals surface area (Å²) in [7, 11) is 3.04. The number of fused-ring (bicyclic) bond motifs is 10. The number of methoxy groups -OCH3 is 2. The van der Waals surface area contributed by atoms with E-state index < -0.39 is 58.2 Å². The second-order valence-corrected chi connectivity index (χ2v) is 40.8. The molecule has 0 amide bonds. The van der Waals surface area contributed by atoms with Crippen LogP contribution in [0, 0.1) is 93.2 Å². The fraction of sp³-hybridized carbons (Fsp3) is 0.670. The predicted octanol–water partition coefficient (Wildman–Crippen LogP) is 20.4. The van der Waals surface area contributed by atoms with Crippen LogP contribution in [0.5, 0.6) is 17.2 Å². The molecule has 3 aliphatic heterocycles. The van der Waals surface area contributed by atoms with E-state index >= 15 is 0 Å². The number of rotatable bonds is 11. The molecule has 1 aromatic heterocycles. The number of epoxide rings is 1. The van der Waals surface area contributed by atoms with Crippen LogP contribution in [-0.4, -0.2) is 116 Å². The zero-order valence-corrected chi connectivity index (χ0v) is 74.9. The van der Waals surface area contributed by atoms with E-state index in [2.05, 4.69) is 101 Å². The van der Waals surface area contributed by atoms with Gasteiger partial charge in [0.25, 0.3) is 0 Å². The molecule has 3 aromatic rings. The van der Waals surface area contributed by atoms with Gasteiger partial charge in [0, 0.05) is 30.2 Å². The highest BCUT2D eigenvalue weighted by molar-refractivity contribution is 5.96. The maximum atomic E-state index is 13.2. The number of allylic oxidation sites excluding steroid dienone is 9. The molecule has 2 aromatic carbocycles. The van der Waals surface area contributed by atoms with E-state index in [0.717, 1.165) is 122 Å². The van der Waals surface area contributed by atoms with Gasteiger partial charge in [0.2, 0.25) is 5.43 Å². The number of benzene rings is 2. The molecule has 0 radical (unpaired) electrons. The third-order valence-corrected chi connectivity index (χ3v) is 31.9. The van der Waals surface area contributed by atoms with E-state index in [1.807, 2.05) is 66.7 Å². The Bertz CT molecular complexity index is 4410. The lowest BCUT2D eigenvalue weighted by molar-refractivity contribution is -0.209. The highest BCUT2D eigenvalue weighted by Gasteiger charge is 2.88. The second kappa shape index (κ2) is 34.6. The number of Topliss-reactive ketones (excluding diaryl/α,β-unsaturated/α-hetero) is 1. The van der Waals surface area contributed by atoms with Gasteiger partial charge in [-0.3, -0.25) is 24.0 Å². The number of carbonyl (C=O) groups is 4. The first-order valence-corrected chi connectivity index (χ1v) is 43.7. The van der Waals surface area contributed by atoms with Crippen LogP contribution in [0.4, 0.5) is 0 Å². The Kier molecular flexibility index (Phi) is 27.3. The van der Waals surface area contributed by atoms with Crippen molar-refractivity contribution in [3.8, 4) is 28.4 Å². The van der Waals surface area contributed by atoms with Crippen molar-refractivity contribution in [1.29, 1.82) is 0 Å². The van der Waals surface area contributed by atoms with Crippen molar-refractivity contribution in [1.82, 2.24) is 0 Å². The van der Waals surface area contributed by atoms with Crippen molar-refractivity contribution >= 4 is 34.7 Å². The molecule has 17 rings (SSSR count). The van der Waals surface area contributed by atoms with E-state index in [0.29, 0.717) is 82.4 Å². The summed E-state index contributed by atoms with van der Waals surface area (Å²) in [6, 6.07) is 6.96. The molecule has 4 bridgehead atoms. The molecule has 3 saturated heterocycles. The number of aliphatic hydroxyl groups is 4. The number of aryl methyl sites for hydroxylation is 1. The number of aromatic hydroxyl groups is 1. The Balaban J connectivity index is 0.000000149. The number of phenols is 1. The largest absolute Gasteiger partial charge is 0.504 e. The molecule has 117 heavy (non-hydrogen) atoms. The van der Waals surface area contributed by atoms with Crippen LogP contribution >= 0.6 is 0 Å². The fourth-order valence-corrected chi connectivity index (χ4v) is 23.4. The van der Waals surface area contributed by atoms with Gasteiger partial charge in [-0.1, -0.05) is 134 Å². The summed E-state index contributed by atoms with van der Waals surface area (Å²) in [6.07, 6.45) is 27.5. The first kappa shape index (κ1) is 92.4. The third-order valence-electron chi connectivity index (χ3n) is 31.9. The van der Waals surface area contributed by atoms with Crippen molar-refractivity contribution in [2.75, 3.05) is 14.2 Å². The minimum atomic E-state index is -1.16. The second-order valence-electron chi connectivity index (χ2n) is 40.8. The third kappa shape index (κ3) is 17.4. The van der Waals surface area contributed by atoms with Crippen molar-refractivity contribution < 1.29 is 77.5 Å². The van der Waals surface area contributed by atoms with Gasteiger partial charge >= 0.3 is 17.9 Å². The Hall–Kier alpha value is -6.89. The molecule has 646 valence electrons. The molecule has 9 unspecified atom stereocenters. The molecule has 17 nitrogen and oxygen atoms in total. The lowest BCUT2D eigenvalue weighted by Crippen LogP contribution is -2.66. The maximum absolute atomic E-state index is 13.2. The van der Waals surface area contributed by atoms with Crippen LogP contribution < -0.4 is 14.9 Å². The average Bonchev–Trinajstić information content (AvgIpc) is 1.46. The number of phenolic OH excluding ortho intramolecular Hbond substituents is 1. The number of aliphatic hydroxyl groups excluding tert-OH is 2. The average molecular weight is 1620 g/mol. The van der Waals surface area contributed by atoms with E-state index in [4.69, 9.17) is 32.8 Å². The van der Waals surface area contributed by atoms with Crippen molar-refractivity contribution in [3.63, 3.8) is 0 Å². The molecular formula is C100H144O17. The normalized spacial score (nSPS) is 36.8. The maximum Gasteiger partial charge on any atom is 0.313 e. The topological polar surface area (TPSA) is 258 Å². The number of ether oxygens (including phenoxy) is 6. The zero-order valence-electron chi connectivity index (χ0n) is 74.9. The summed E-state index contributed by atoms with van der Waals surface area (Å²) in [6.45, 7) is 58.7. The van der Waals surface area contributed by atoms with Gasteiger partial charge in [0.05, 0.1) is 49.4 Å². The van der Waals surface area contributed by atoms with Crippen LogP contribution in [0.25, 0.3) is 22.1 Å². The lowest BCUT2D eigenvalue weighted by Gasteiger charge is -2.57. The quantitative estimate of drug-likeness (QED) is 0.0298. The van der Waals surface area contributed by atoms with E-state index in [9.17, 15) is 49.5 Å². The zero-order chi connectivity index (χ0) is 86.8. The minimum Gasteiger partial charge on any atom is -0.504 e. The molecule has 11 saturated carbocycles. The Morgan fingerprint density at radius 1 is 0.718 bits per heavy atom. The lowest BCUT2D eigenvalue weighted by atomic mass is 9.47. The van der Waals surface area contributed by atoms with Crippen molar-refractivity contribution in [2.24, 2.45) is 86.3 Å². The van der Waals surface area contributed by atoms with Crippen molar-refractivity contribution in [3.05, 3.63) is 136 Å². The van der Waals surface area contributed by atoms with Gasteiger partial charge in [-0.05, 0) is 308 Å². The molecule has 17 heteroatoms. The highest BCUT2D eigenvalue weighted by Crippen LogP contribution is 2.74. The van der Waals surface area contributed by atoms with Crippen LogP contribution in [-0.2, 0) is 44.5 Å². The molecule has 21 atom stereocenters. The van der Waals surface area contributed by atoms with Gasteiger partial charge in [0.15, 0.2) is 29.0 Å². The Morgan fingerprint density at radius 3 is 1.95 bits per heavy atom. The molecule has 1 spiro atoms. The molecule has 14 fully saturated rings. The number of carbonyl (C=O) groups excluding carboxylic acids is 4. The first-order valence-electron chi connectivity index (χ1n) is 43.7. The smallest absolute Gasteiger partial charge is 0.313 e. The van der Waals surface area contributed by atoms with E-state index in [1.165, 1.54) is 88.7 Å². The summed E-state index contributed by atoms with van der Waals surface area (Å²) >= 11 is 0. The van der Waals surface area contributed by atoms with Crippen molar-refractivity contribution in [2.45, 2.75) is 325 Å². The summed E-state index contributed by atoms with van der Waals surface area (Å²) < 4.78 is 39.5. The Morgan fingerprint density at radius 2 is 1.38 bits per heavy atom. The van der Waals surface area contributed by atoms with Crippen LogP contribution in [0.2, 0.25) is 0 Å². The number of hydrogen-bond donors (Lipinski definition) is 5. The molecule has 11 aliphatic carbocycles. The van der Waals surface area contributed by atoms with Gasteiger partial charge < -0.3 is 58.4 Å². The van der Waals surface area contributed by atoms with Gasteiger partial charge in [-0.25, -0.2) is 0 Å².